The zero-order valence-corrected chi connectivity index (χ0v) is 8.89. The van der Waals surface area contributed by atoms with E-state index in [1.165, 1.54) is 0 Å². The number of hydrogen-bond acceptors (Lipinski definition) is 2. The van der Waals surface area contributed by atoms with Gasteiger partial charge in [0, 0.05) is 0 Å². The second-order valence-electron chi connectivity index (χ2n) is 1.77. The van der Waals surface area contributed by atoms with E-state index in [1.54, 1.807) is 13.8 Å². The van der Waals surface area contributed by atoms with E-state index in [2.05, 4.69) is 9.97 Å². The molecule has 0 amide bonds. The highest BCUT2D eigenvalue weighted by molar-refractivity contribution is 5.16. The molecule has 0 saturated heterocycles. The topological polar surface area (TPSA) is 48.9 Å². The van der Waals surface area contributed by atoms with Crippen LogP contribution in [0, 0.1) is 13.8 Å². The first-order valence-corrected chi connectivity index (χ1v) is 4.42. The lowest BCUT2D eigenvalue weighted by molar-refractivity contribution is 0.451. The lowest BCUT2D eigenvalue weighted by atomic mass is 10.5. The molecule has 0 atom stereocenters. The van der Waals surface area contributed by atoms with Gasteiger partial charge in [-0.15, -0.1) is 0 Å². The van der Waals surface area contributed by atoms with Crippen LogP contribution in [0.1, 0.15) is 39.2 Å². The van der Waals surface area contributed by atoms with E-state index in [9.17, 15) is 0 Å². The Morgan fingerprint density at radius 3 is 1.58 bits per heavy atom. The van der Waals surface area contributed by atoms with Crippen LogP contribution in [-0.2, 0) is 0 Å². The van der Waals surface area contributed by atoms with Crippen molar-refractivity contribution in [3.05, 3.63) is 11.5 Å². The number of hydrogen-bond donors (Lipinski definition) is 2. The summed E-state index contributed by atoms with van der Waals surface area (Å²) in [6.07, 6.45) is 0. The maximum atomic E-state index is 8.80. The molecule has 0 aliphatic carbocycles. The number of aromatic hydroxyl groups is 1. The molecular weight excluding hydrogens is 152 g/mol. The van der Waals surface area contributed by atoms with E-state index in [0.717, 1.165) is 11.5 Å². The molecule has 1 rings (SSSR count). The molecule has 0 saturated carbocycles. The molecule has 1 aromatic heterocycles. The summed E-state index contributed by atoms with van der Waals surface area (Å²) >= 11 is 0. The van der Waals surface area contributed by atoms with Gasteiger partial charge in [-0.2, -0.15) is 4.98 Å². The Labute approximate surface area is 74.9 Å². The van der Waals surface area contributed by atoms with Crippen molar-refractivity contribution in [1.29, 1.82) is 0 Å². The molecule has 0 aliphatic rings. The molecule has 12 heavy (non-hydrogen) atoms. The first-order chi connectivity index (χ1) is 5.70. The third kappa shape index (κ3) is 4.77. The van der Waals surface area contributed by atoms with Gasteiger partial charge in [0.15, 0.2) is 0 Å². The first-order valence-electron chi connectivity index (χ1n) is 4.42. The minimum atomic E-state index is 0.0995. The van der Waals surface area contributed by atoms with Gasteiger partial charge in [0.05, 0.1) is 5.69 Å². The maximum absolute atomic E-state index is 8.80. The Balaban J connectivity index is 0. The molecule has 0 radical (unpaired) electrons. The van der Waals surface area contributed by atoms with Crippen molar-refractivity contribution >= 4 is 0 Å². The quantitative estimate of drug-likeness (QED) is 0.632. The second kappa shape index (κ2) is 8.11. The van der Waals surface area contributed by atoms with Crippen LogP contribution in [0.3, 0.4) is 0 Å². The van der Waals surface area contributed by atoms with Gasteiger partial charge in [-0.05, 0) is 13.8 Å². The van der Waals surface area contributed by atoms with Crippen molar-refractivity contribution in [3.8, 4) is 5.88 Å². The number of rotatable bonds is 0. The summed E-state index contributed by atoms with van der Waals surface area (Å²) < 4.78 is 0. The number of imidazole rings is 1. The van der Waals surface area contributed by atoms with Gasteiger partial charge in [-0.3, -0.25) is 0 Å². The van der Waals surface area contributed by atoms with Gasteiger partial charge < -0.3 is 10.1 Å². The summed E-state index contributed by atoms with van der Waals surface area (Å²) in [6.45, 7) is 11.6. The summed E-state index contributed by atoms with van der Waals surface area (Å²) in [5.41, 5.74) is 0.725. The molecule has 0 unspecified atom stereocenters. The molecular formula is C9H20N2O. The number of aromatic amines is 1. The number of H-pyrrole nitrogens is 1. The Morgan fingerprint density at radius 1 is 1.08 bits per heavy atom. The van der Waals surface area contributed by atoms with E-state index in [-0.39, 0.29) is 5.88 Å². The van der Waals surface area contributed by atoms with E-state index in [0.29, 0.717) is 0 Å². The van der Waals surface area contributed by atoms with Gasteiger partial charge in [0.25, 0.3) is 0 Å². The van der Waals surface area contributed by atoms with Crippen molar-refractivity contribution in [2.45, 2.75) is 41.5 Å². The molecule has 0 fully saturated rings. The van der Waals surface area contributed by atoms with Crippen LogP contribution in [0.25, 0.3) is 0 Å². The van der Waals surface area contributed by atoms with Crippen molar-refractivity contribution in [1.82, 2.24) is 9.97 Å². The zero-order valence-electron chi connectivity index (χ0n) is 8.89. The van der Waals surface area contributed by atoms with Gasteiger partial charge in [-0.25, -0.2) is 0 Å². The van der Waals surface area contributed by atoms with Gasteiger partial charge in [0.1, 0.15) is 5.82 Å². The largest absolute Gasteiger partial charge is 0.492 e. The Bertz CT molecular complexity index is 175. The Kier molecular flexibility index (Phi) is 9.18. The van der Waals surface area contributed by atoms with Crippen molar-refractivity contribution in [3.63, 3.8) is 0 Å². The third-order valence-corrected chi connectivity index (χ3v) is 0.977. The Hall–Kier alpha value is -0.990. The minimum Gasteiger partial charge on any atom is -0.492 e. The van der Waals surface area contributed by atoms with Crippen LogP contribution >= 0.6 is 0 Å². The lowest BCUT2D eigenvalue weighted by Gasteiger charge is -1.78. The standard InChI is InChI=1S/C5H8N2O.2C2H6/c1-3-5(8)7-4(2)6-3;2*1-2/h8H,1-2H3,(H,6,7);2*1-2H3. The molecule has 0 aliphatic heterocycles. The van der Waals surface area contributed by atoms with E-state index >= 15 is 0 Å². The lowest BCUT2D eigenvalue weighted by Crippen LogP contribution is -1.70. The smallest absolute Gasteiger partial charge is 0.232 e. The summed E-state index contributed by atoms with van der Waals surface area (Å²) in [5, 5.41) is 8.80. The number of aromatic nitrogens is 2. The maximum Gasteiger partial charge on any atom is 0.232 e. The normalized spacial score (nSPS) is 7.50. The van der Waals surface area contributed by atoms with Crippen molar-refractivity contribution in [2.75, 3.05) is 0 Å². The third-order valence-electron chi connectivity index (χ3n) is 0.977. The molecule has 3 heteroatoms. The highest BCUT2D eigenvalue weighted by Gasteiger charge is 1.97. The van der Waals surface area contributed by atoms with Gasteiger partial charge in [-0.1, -0.05) is 27.7 Å². The SMILES string of the molecule is CC.CC.Cc1nc(O)c(C)[nH]1. The molecule has 0 aromatic carbocycles. The molecule has 2 N–H and O–H groups in total. The number of aryl methyl sites for hydroxylation is 2. The van der Waals surface area contributed by atoms with E-state index < -0.39 is 0 Å². The minimum absolute atomic E-state index is 0.0995. The van der Waals surface area contributed by atoms with Crippen molar-refractivity contribution in [2.24, 2.45) is 0 Å². The van der Waals surface area contributed by atoms with Crippen molar-refractivity contribution < 1.29 is 5.11 Å². The van der Waals surface area contributed by atoms with Crippen LogP contribution in [-0.4, -0.2) is 15.1 Å². The average Bonchev–Trinajstić information content (AvgIpc) is 2.37. The summed E-state index contributed by atoms with van der Waals surface area (Å²) in [4.78, 5) is 6.56. The predicted molar refractivity (Wildman–Crippen MR) is 52.4 cm³/mol. The van der Waals surface area contributed by atoms with Crippen LogP contribution < -0.4 is 0 Å². The van der Waals surface area contributed by atoms with Gasteiger partial charge >= 0.3 is 0 Å². The summed E-state index contributed by atoms with van der Waals surface area (Å²) in [6, 6.07) is 0. The van der Waals surface area contributed by atoms with Crippen LogP contribution in [0.2, 0.25) is 0 Å². The summed E-state index contributed by atoms with van der Waals surface area (Å²) in [7, 11) is 0. The highest BCUT2D eigenvalue weighted by Crippen LogP contribution is 2.09. The van der Waals surface area contributed by atoms with Gasteiger partial charge in [0.2, 0.25) is 5.88 Å². The monoisotopic (exact) mass is 172 g/mol. The predicted octanol–water partition coefficient (Wildman–Crippen LogP) is 2.78. The van der Waals surface area contributed by atoms with Crippen LogP contribution in [0.5, 0.6) is 5.88 Å². The van der Waals surface area contributed by atoms with E-state index in [1.807, 2.05) is 27.7 Å². The average molecular weight is 172 g/mol. The molecule has 3 nitrogen and oxygen atoms in total. The molecule has 0 bridgehead atoms. The van der Waals surface area contributed by atoms with Crippen LogP contribution in [0.4, 0.5) is 0 Å². The van der Waals surface area contributed by atoms with Crippen LogP contribution in [0.15, 0.2) is 0 Å². The fourth-order valence-electron chi connectivity index (χ4n) is 0.598. The molecule has 1 heterocycles. The molecule has 1 aromatic rings. The fraction of sp³-hybridized carbons (Fsp3) is 0.667. The first kappa shape index (κ1) is 13.6. The zero-order chi connectivity index (χ0) is 10.1. The Morgan fingerprint density at radius 2 is 1.50 bits per heavy atom. The number of nitrogens with zero attached hydrogens (tertiary/aromatic N) is 1. The highest BCUT2D eigenvalue weighted by atomic mass is 16.3. The second-order valence-corrected chi connectivity index (χ2v) is 1.77. The fourth-order valence-corrected chi connectivity index (χ4v) is 0.598. The number of nitrogens with one attached hydrogen (secondary N) is 1. The molecule has 0 spiro atoms. The molecule has 72 valence electrons. The summed E-state index contributed by atoms with van der Waals surface area (Å²) in [5.74, 6) is 0.850. The van der Waals surface area contributed by atoms with E-state index in [4.69, 9.17) is 5.11 Å².